The lowest BCUT2D eigenvalue weighted by Gasteiger charge is -2.22. The van der Waals surface area contributed by atoms with Gasteiger partial charge in [-0.05, 0) is 39.3 Å². The van der Waals surface area contributed by atoms with Gasteiger partial charge in [0.2, 0.25) is 0 Å². The first kappa shape index (κ1) is 19.7. The van der Waals surface area contributed by atoms with Crippen LogP contribution in [0.15, 0.2) is 41.9 Å². The molecule has 0 aliphatic heterocycles. The summed E-state index contributed by atoms with van der Waals surface area (Å²) >= 11 is 0. The van der Waals surface area contributed by atoms with E-state index in [4.69, 9.17) is 4.74 Å². The van der Waals surface area contributed by atoms with Crippen LogP contribution >= 0.6 is 0 Å². The van der Waals surface area contributed by atoms with E-state index >= 15 is 0 Å². The minimum absolute atomic E-state index is 0.0680. The zero-order valence-electron chi connectivity index (χ0n) is 15.3. The Bertz CT molecular complexity index is 894. The fourth-order valence-electron chi connectivity index (χ4n) is 2.21. The van der Waals surface area contributed by atoms with Gasteiger partial charge in [-0.1, -0.05) is 30.3 Å². The van der Waals surface area contributed by atoms with Crippen LogP contribution in [0, 0.1) is 0 Å². The fourth-order valence-corrected chi connectivity index (χ4v) is 3.08. The SMILES string of the molecule is CCOC(=O)c1cnn(C(C)(C)C)c1NS(=O)(=O)C=Cc1ccccc1. The number of carbonyl (C=O) groups is 1. The Kier molecular flexibility index (Phi) is 5.86. The Morgan fingerprint density at radius 2 is 1.92 bits per heavy atom. The van der Waals surface area contributed by atoms with E-state index in [9.17, 15) is 13.2 Å². The Labute approximate surface area is 153 Å². The number of hydrogen-bond donors (Lipinski definition) is 1. The highest BCUT2D eigenvalue weighted by Crippen LogP contribution is 2.25. The number of hydrogen-bond acceptors (Lipinski definition) is 5. The topological polar surface area (TPSA) is 90.3 Å². The normalized spacial score (nSPS) is 12.3. The van der Waals surface area contributed by atoms with E-state index in [1.165, 1.54) is 17.0 Å². The quantitative estimate of drug-likeness (QED) is 0.781. The third-order valence-corrected chi connectivity index (χ3v) is 4.35. The molecule has 0 amide bonds. The van der Waals surface area contributed by atoms with Gasteiger partial charge in [-0.2, -0.15) is 5.10 Å². The Morgan fingerprint density at radius 1 is 1.27 bits per heavy atom. The molecule has 8 heteroatoms. The van der Waals surface area contributed by atoms with E-state index in [2.05, 4.69) is 9.82 Å². The van der Waals surface area contributed by atoms with Crippen LogP contribution in [0.4, 0.5) is 5.82 Å². The summed E-state index contributed by atoms with van der Waals surface area (Å²) in [5, 5.41) is 5.21. The molecule has 7 nitrogen and oxygen atoms in total. The van der Waals surface area contributed by atoms with Crippen molar-refractivity contribution in [2.24, 2.45) is 0 Å². The third-order valence-electron chi connectivity index (χ3n) is 3.38. The molecule has 0 saturated carbocycles. The maximum atomic E-state index is 12.5. The molecule has 140 valence electrons. The van der Waals surface area contributed by atoms with Crippen molar-refractivity contribution in [1.82, 2.24) is 9.78 Å². The number of esters is 1. The summed E-state index contributed by atoms with van der Waals surface area (Å²) in [6.45, 7) is 7.42. The Hall–Kier alpha value is -2.61. The van der Waals surface area contributed by atoms with Crippen LogP contribution in [0.1, 0.15) is 43.6 Å². The third kappa shape index (κ3) is 4.95. The van der Waals surface area contributed by atoms with Crippen LogP contribution in [0.5, 0.6) is 0 Å². The summed E-state index contributed by atoms with van der Waals surface area (Å²) in [5.74, 6) is -0.554. The van der Waals surface area contributed by atoms with Gasteiger partial charge in [0.1, 0.15) is 5.56 Å². The van der Waals surface area contributed by atoms with Crippen molar-refractivity contribution in [2.75, 3.05) is 11.3 Å². The molecular weight excluding hydrogens is 354 g/mol. The van der Waals surface area contributed by atoms with E-state index in [1.807, 2.05) is 39.0 Å². The minimum Gasteiger partial charge on any atom is -0.462 e. The lowest BCUT2D eigenvalue weighted by Crippen LogP contribution is -2.27. The van der Waals surface area contributed by atoms with Crippen LogP contribution in [0.25, 0.3) is 6.08 Å². The highest BCUT2D eigenvalue weighted by atomic mass is 32.2. The van der Waals surface area contributed by atoms with Crippen molar-refractivity contribution in [3.05, 3.63) is 53.1 Å². The van der Waals surface area contributed by atoms with E-state index in [1.54, 1.807) is 19.1 Å². The number of sulfonamides is 1. The first-order valence-corrected chi connectivity index (χ1v) is 9.70. The van der Waals surface area contributed by atoms with Gasteiger partial charge < -0.3 is 4.74 Å². The maximum absolute atomic E-state index is 12.5. The lowest BCUT2D eigenvalue weighted by molar-refractivity contribution is 0.0527. The summed E-state index contributed by atoms with van der Waals surface area (Å²) < 4.78 is 33.9. The van der Waals surface area contributed by atoms with Gasteiger partial charge >= 0.3 is 5.97 Å². The number of nitrogens with zero attached hydrogens (tertiary/aromatic N) is 2. The summed E-state index contributed by atoms with van der Waals surface area (Å²) in [7, 11) is -3.86. The van der Waals surface area contributed by atoms with E-state index < -0.39 is 21.5 Å². The van der Waals surface area contributed by atoms with Crippen LogP contribution < -0.4 is 4.72 Å². The van der Waals surface area contributed by atoms with Crippen molar-refractivity contribution >= 4 is 27.9 Å². The molecule has 0 atom stereocenters. The predicted molar refractivity (Wildman–Crippen MR) is 101 cm³/mol. The molecular formula is C18H23N3O4S. The molecule has 26 heavy (non-hydrogen) atoms. The number of aromatic nitrogens is 2. The summed E-state index contributed by atoms with van der Waals surface area (Å²) in [5.41, 5.74) is 0.275. The zero-order chi connectivity index (χ0) is 19.4. The smallest absolute Gasteiger partial charge is 0.343 e. The first-order chi connectivity index (χ1) is 12.1. The van der Waals surface area contributed by atoms with Crippen molar-refractivity contribution in [3.8, 4) is 0 Å². The fraction of sp³-hybridized carbons (Fsp3) is 0.333. The average molecular weight is 377 g/mol. The highest BCUT2D eigenvalue weighted by molar-refractivity contribution is 7.95. The second kappa shape index (κ2) is 7.74. The number of carbonyl (C=O) groups excluding carboxylic acids is 1. The molecule has 0 bridgehead atoms. The number of ether oxygens (including phenoxy) is 1. The molecule has 0 aliphatic rings. The van der Waals surface area contributed by atoms with Gasteiger partial charge in [0.15, 0.2) is 5.82 Å². The van der Waals surface area contributed by atoms with Crippen molar-refractivity contribution in [3.63, 3.8) is 0 Å². The molecule has 2 aromatic rings. The van der Waals surface area contributed by atoms with Gasteiger partial charge in [0.25, 0.3) is 10.0 Å². The summed E-state index contributed by atoms with van der Waals surface area (Å²) in [6, 6.07) is 9.04. The average Bonchev–Trinajstić information content (AvgIpc) is 2.97. The van der Waals surface area contributed by atoms with Crippen LogP contribution in [-0.4, -0.2) is 30.8 Å². The summed E-state index contributed by atoms with van der Waals surface area (Å²) in [6.07, 6.45) is 2.78. The van der Waals surface area contributed by atoms with Gasteiger partial charge in [-0.25, -0.2) is 17.9 Å². The van der Waals surface area contributed by atoms with Gasteiger partial charge in [-0.3, -0.25) is 4.72 Å². The predicted octanol–water partition coefficient (Wildman–Crippen LogP) is 3.23. The molecule has 2 rings (SSSR count). The van der Waals surface area contributed by atoms with Crippen LogP contribution in [0.2, 0.25) is 0 Å². The molecule has 1 heterocycles. The summed E-state index contributed by atoms with van der Waals surface area (Å²) in [4.78, 5) is 12.1. The number of rotatable bonds is 6. The van der Waals surface area contributed by atoms with Crippen molar-refractivity contribution in [2.45, 2.75) is 33.2 Å². The molecule has 0 fully saturated rings. The standard InChI is InChI=1S/C18H23N3O4S/c1-5-25-17(22)15-13-19-21(18(2,3)4)16(15)20-26(23,24)12-11-14-9-7-6-8-10-14/h6-13,20H,5H2,1-4H3. The largest absolute Gasteiger partial charge is 0.462 e. The Balaban J connectivity index is 2.38. The monoisotopic (exact) mass is 377 g/mol. The van der Waals surface area contributed by atoms with E-state index in [-0.39, 0.29) is 18.0 Å². The number of benzene rings is 1. The van der Waals surface area contributed by atoms with Crippen molar-refractivity contribution in [1.29, 1.82) is 0 Å². The van der Waals surface area contributed by atoms with Gasteiger partial charge in [0, 0.05) is 0 Å². The van der Waals surface area contributed by atoms with Crippen molar-refractivity contribution < 1.29 is 17.9 Å². The minimum atomic E-state index is -3.86. The second-order valence-corrected chi connectivity index (χ2v) is 8.14. The van der Waals surface area contributed by atoms with E-state index in [0.29, 0.717) is 0 Å². The highest BCUT2D eigenvalue weighted by Gasteiger charge is 2.27. The van der Waals surface area contributed by atoms with Crippen LogP contribution in [0.3, 0.4) is 0 Å². The van der Waals surface area contributed by atoms with Crippen LogP contribution in [-0.2, 0) is 20.3 Å². The first-order valence-electron chi connectivity index (χ1n) is 8.15. The zero-order valence-corrected chi connectivity index (χ0v) is 16.1. The lowest BCUT2D eigenvalue weighted by atomic mass is 10.1. The Morgan fingerprint density at radius 3 is 2.50 bits per heavy atom. The molecule has 0 unspecified atom stereocenters. The molecule has 0 radical (unpaired) electrons. The molecule has 1 aromatic carbocycles. The molecule has 1 N–H and O–H groups in total. The maximum Gasteiger partial charge on any atom is 0.343 e. The van der Waals surface area contributed by atoms with Gasteiger partial charge in [-0.15, -0.1) is 0 Å². The van der Waals surface area contributed by atoms with E-state index in [0.717, 1.165) is 11.0 Å². The molecule has 1 aromatic heterocycles. The van der Waals surface area contributed by atoms with Gasteiger partial charge in [0.05, 0.1) is 23.8 Å². The number of anilines is 1. The molecule has 0 saturated heterocycles. The number of nitrogens with one attached hydrogen (secondary N) is 1. The second-order valence-electron chi connectivity index (χ2n) is 6.57. The molecule has 0 aliphatic carbocycles. The molecule has 0 spiro atoms.